The lowest BCUT2D eigenvalue weighted by molar-refractivity contribution is 0.476. The molecule has 0 aliphatic rings. The topological polar surface area (TPSA) is 33.1 Å². The number of hydrogen-bond donors (Lipinski definition) is 1. The van der Waals surface area contributed by atoms with Crippen LogP contribution < -0.4 is 0 Å². The summed E-state index contributed by atoms with van der Waals surface area (Å²) in [5, 5.41) is 10.2. The van der Waals surface area contributed by atoms with E-state index < -0.39 is 0 Å². The SMILES string of the molecule is Oc1cc(Br)c2ncccc2c1. The molecule has 12 heavy (non-hydrogen) atoms. The molecule has 60 valence electrons. The highest BCUT2D eigenvalue weighted by Crippen LogP contribution is 2.26. The Hall–Kier alpha value is -1.09. The zero-order chi connectivity index (χ0) is 8.55. The first-order valence-electron chi connectivity index (χ1n) is 3.50. The van der Waals surface area contributed by atoms with Gasteiger partial charge in [0.25, 0.3) is 0 Å². The molecular weight excluding hydrogens is 218 g/mol. The van der Waals surface area contributed by atoms with Gasteiger partial charge in [0.15, 0.2) is 0 Å². The molecule has 1 heterocycles. The Bertz CT molecular complexity index is 428. The maximum Gasteiger partial charge on any atom is 0.117 e. The van der Waals surface area contributed by atoms with Gasteiger partial charge in [-0.1, -0.05) is 6.07 Å². The summed E-state index contributed by atoms with van der Waals surface area (Å²) >= 11 is 3.33. The number of pyridine rings is 1. The minimum Gasteiger partial charge on any atom is -0.508 e. The summed E-state index contributed by atoms with van der Waals surface area (Å²) in [5.74, 6) is 0.252. The average molecular weight is 224 g/mol. The second kappa shape index (κ2) is 2.75. The van der Waals surface area contributed by atoms with E-state index >= 15 is 0 Å². The first-order chi connectivity index (χ1) is 5.77. The summed E-state index contributed by atoms with van der Waals surface area (Å²) in [7, 11) is 0. The molecule has 0 fully saturated rings. The molecule has 0 unspecified atom stereocenters. The molecule has 1 aromatic carbocycles. The largest absolute Gasteiger partial charge is 0.508 e. The minimum atomic E-state index is 0.252. The van der Waals surface area contributed by atoms with E-state index in [2.05, 4.69) is 20.9 Å². The fourth-order valence-corrected chi connectivity index (χ4v) is 1.70. The van der Waals surface area contributed by atoms with Gasteiger partial charge in [0, 0.05) is 16.1 Å². The van der Waals surface area contributed by atoms with E-state index in [1.807, 2.05) is 12.1 Å². The third kappa shape index (κ3) is 1.16. The van der Waals surface area contributed by atoms with E-state index in [0.29, 0.717) is 0 Å². The fourth-order valence-electron chi connectivity index (χ4n) is 1.13. The third-order valence-electron chi connectivity index (χ3n) is 1.64. The number of phenolic OH excluding ortho intramolecular Hbond substituents is 1. The maximum atomic E-state index is 9.25. The van der Waals surface area contributed by atoms with E-state index in [1.165, 1.54) is 0 Å². The van der Waals surface area contributed by atoms with Gasteiger partial charge >= 0.3 is 0 Å². The summed E-state index contributed by atoms with van der Waals surface area (Å²) in [6, 6.07) is 7.07. The Balaban J connectivity index is 2.89. The summed E-state index contributed by atoms with van der Waals surface area (Å²) in [4.78, 5) is 4.16. The van der Waals surface area contributed by atoms with Crippen LogP contribution in [-0.2, 0) is 0 Å². The van der Waals surface area contributed by atoms with E-state index in [0.717, 1.165) is 15.4 Å². The summed E-state index contributed by atoms with van der Waals surface area (Å²) < 4.78 is 0.818. The Morgan fingerprint density at radius 3 is 3.00 bits per heavy atom. The van der Waals surface area contributed by atoms with Crippen molar-refractivity contribution in [1.82, 2.24) is 4.98 Å². The fraction of sp³-hybridized carbons (Fsp3) is 0. The van der Waals surface area contributed by atoms with Gasteiger partial charge in [-0.15, -0.1) is 0 Å². The van der Waals surface area contributed by atoms with Crippen molar-refractivity contribution in [2.45, 2.75) is 0 Å². The van der Waals surface area contributed by atoms with Crippen LogP contribution in [0.3, 0.4) is 0 Å². The first kappa shape index (κ1) is 7.55. The molecule has 0 amide bonds. The number of phenols is 1. The Morgan fingerprint density at radius 2 is 2.17 bits per heavy atom. The number of halogens is 1. The van der Waals surface area contributed by atoms with Crippen LogP contribution in [0.15, 0.2) is 34.9 Å². The Labute approximate surface area is 78.0 Å². The monoisotopic (exact) mass is 223 g/mol. The van der Waals surface area contributed by atoms with Gasteiger partial charge in [-0.05, 0) is 34.1 Å². The quantitative estimate of drug-likeness (QED) is 0.746. The summed E-state index contributed by atoms with van der Waals surface area (Å²) in [6.45, 7) is 0. The lowest BCUT2D eigenvalue weighted by atomic mass is 10.2. The molecule has 0 atom stereocenters. The number of nitrogens with zero attached hydrogens (tertiary/aromatic N) is 1. The first-order valence-corrected chi connectivity index (χ1v) is 4.30. The van der Waals surface area contributed by atoms with Crippen molar-refractivity contribution in [1.29, 1.82) is 0 Å². The van der Waals surface area contributed by atoms with Gasteiger partial charge in [-0.2, -0.15) is 0 Å². The molecule has 1 N–H and O–H groups in total. The average Bonchev–Trinajstić information content (AvgIpc) is 2.04. The highest BCUT2D eigenvalue weighted by Gasteiger charge is 2.00. The third-order valence-corrected chi connectivity index (χ3v) is 2.25. The molecule has 0 bridgehead atoms. The number of benzene rings is 1. The molecule has 2 nitrogen and oxygen atoms in total. The molecule has 3 heteroatoms. The molecule has 2 aromatic rings. The lowest BCUT2D eigenvalue weighted by Crippen LogP contribution is -1.78. The van der Waals surface area contributed by atoms with Crippen LogP contribution in [0, 0.1) is 0 Å². The maximum absolute atomic E-state index is 9.25. The summed E-state index contributed by atoms with van der Waals surface area (Å²) in [5.41, 5.74) is 0.871. The van der Waals surface area contributed by atoms with Crippen LogP contribution in [-0.4, -0.2) is 10.1 Å². The van der Waals surface area contributed by atoms with Crippen LogP contribution in [0.2, 0.25) is 0 Å². The molecule has 2 rings (SSSR count). The van der Waals surface area contributed by atoms with Crippen LogP contribution in [0.5, 0.6) is 5.75 Å². The van der Waals surface area contributed by atoms with E-state index in [1.54, 1.807) is 18.3 Å². The second-order valence-corrected chi connectivity index (χ2v) is 3.36. The normalized spacial score (nSPS) is 10.4. The van der Waals surface area contributed by atoms with Gasteiger partial charge in [-0.3, -0.25) is 4.98 Å². The number of aromatic nitrogens is 1. The zero-order valence-electron chi connectivity index (χ0n) is 6.16. The zero-order valence-corrected chi connectivity index (χ0v) is 7.75. The van der Waals surface area contributed by atoms with E-state index in [-0.39, 0.29) is 5.75 Å². The van der Waals surface area contributed by atoms with Crippen LogP contribution in [0.25, 0.3) is 10.9 Å². The van der Waals surface area contributed by atoms with Crippen molar-refractivity contribution < 1.29 is 5.11 Å². The van der Waals surface area contributed by atoms with Crippen molar-refractivity contribution in [3.05, 3.63) is 34.9 Å². The Kier molecular flexibility index (Phi) is 1.73. The van der Waals surface area contributed by atoms with Crippen molar-refractivity contribution >= 4 is 26.8 Å². The number of hydrogen-bond acceptors (Lipinski definition) is 2. The van der Waals surface area contributed by atoms with E-state index in [9.17, 15) is 5.11 Å². The van der Waals surface area contributed by atoms with Gasteiger partial charge < -0.3 is 5.11 Å². The molecule has 0 aliphatic carbocycles. The van der Waals surface area contributed by atoms with Gasteiger partial charge in [0.1, 0.15) is 5.75 Å². The number of aromatic hydroxyl groups is 1. The van der Waals surface area contributed by atoms with Crippen LogP contribution in [0.1, 0.15) is 0 Å². The highest BCUT2D eigenvalue weighted by molar-refractivity contribution is 9.10. The molecule has 0 spiro atoms. The standard InChI is InChI=1S/C9H6BrNO/c10-8-5-7(12)4-6-2-1-3-11-9(6)8/h1-5,12H. The summed E-state index contributed by atoms with van der Waals surface area (Å²) in [6.07, 6.45) is 1.73. The molecule has 0 saturated carbocycles. The smallest absolute Gasteiger partial charge is 0.117 e. The molecule has 0 aliphatic heterocycles. The van der Waals surface area contributed by atoms with Crippen LogP contribution in [0.4, 0.5) is 0 Å². The molecule has 0 radical (unpaired) electrons. The van der Waals surface area contributed by atoms with E-state index in [4.69, 9.17) is 0 Å². The minimum absolute atomic E-state index is 0.252. The lowest BCUT2D eigenvalue weighted by Gasteiger charge is -1.99. The number of fused-ring (bicyclic) bond motifs is 1. The highest BCUT2D eigenvalue weighted by atomic mass is 79.9. The molecule has 0 saturated heterocycles. The van der Waals surface area contributed by atoms with Crippen molar-refractivity contribution in [2.75, 3.05) is 0 Å². The molecular formula is C9H6BrNO. The van der Waals surface area contributed by atoms with Gasteiger partial charge in [-0.25, -0.2) is 0 Å². The van der Waals surface area contributed by atoms with Gasteiger partial charge in [0.05, 0.1) is 5.52 Å². The van der Waals surface area contributed by atoms with Crippen molar-refractivity contribution in [3.63, 3.8) is 0 Å². The van der Waals surface area contributed by atoms with Gasteiger partial charge in [0.2, 0.25) is 0 Å². The van der Waals surface area contributed by atoms with Crippen molar-refractivity contribution in [2.24, 2.45) is 0 Å². The predicted octanol–water partition coefficient (Wildman–Crippen LogP) is 2.70. The van der Waals surface area contributed by atoms with Crippen molar-refractivity contribution in [3.8, 4) is 5.75 Å². The number of rotatable bonds is 0. The second-order valence-electron chi connectivity index (χ2n) is 2.50. The Morgan fingerprint density at radius 1 is 1.33 bits per heavy atom. The predicted molar refractivity (Wildman–Crippen MR) is 51.1 cm³/mol. The van der Waals surface area contributed by atoms with Crippen LogP contribution >= 0.6 is 15.9 Å². The molecule has 1 aromatic heterocycles.